The standard InChI is InChI=1S/C14H27NO/c1-14(2,16)13-8-5-10-15(13)11-9-12-6-3-4-7-12/h12-13,16H,3-11H2,1-2H3. The zero-order valence-corrected chi connectivity index (χ0v) is 10.9. The molecule has 1 atom stereocenters. The van der Waals surface area contributed by atoms with Crippen LogP contribution in [0.1, 0.15) is 58.8 Å². The molecule has 1 saturated carbocycles. The van der Waals surface area contributed by atoms with Crippen molar-refractivity contribution in [3.63, 3.8) is 0 Å². The Bertz CT molecular complexity index is 215. The molecule has 0 aromatic rings. The summed E-state index contributed by atoms with van der Waals surface area (Å²) in [5, 5.41) is 10.1. The maximum atomic E-state index is 10.1. The molecule has 2 rings (SSSR count). The average Bonchev–Trinajstić information content (AvgIpc) is 2.85. The summed E-state index contributed by atoms with van der Waals surface area (Å²) in [4.78, 5) is 2.53. The second-order valence-corrected chi connectivity index (χ2v) is 6.29. The van der Waals surface area contributed by atoms with Crippen molar-refractivity contribution in [3.05, 3.63) is 0 Å². The Balaban J connectivity index is 1.79. The van der Waals surface area contributed by atoms with Crippen LogP contribution in [0.25, 0.3) is 0 Å². The quantitative estimate of drug-likeness (QED) is 0.795. The lowest BCUT2D eigenvalue weighted by atomic mass is 9.96. The van der Waals surface area contributed by atoms with E-state index in [4.69, 9.17) is 0 Å². The van der Waals surface area contributed by atoms with Crippen molar-refractivity contribution in [2.45, 2.75) is 70.4 Å². The molecule has 0 bridgehead atoms. The molecule has 1 N–H and O–H groups in total. The minimum Gasteiger partial charge on any atom is -0.389 e. The molecular weight excluding hydrogens is 198 g/mol. The van der Waals surface area contributed by atoms with E-state index in [2.05, 4.69) is 4.90 Å². The molecule has 94 valence electrons. The van der Waals surface area contributed by atoms with E-state index >= 15 is 0 Å². The SMILES string of the molecule is CC(C)(O)C1CCCN1CCC1CCCC1. The van der Waals surface area contributed by atoms with Gasteiger partial charge in [-0.05, 0) is 52.1 Å². The number of likely N-dealkylation sites (tertiary alicyclic amines) is 1. The van der Waals surface area contributed by atoms with Crippen molar-refractivity contribution in [1.82, 2.24) is 4.90 Å². The van der Waals surface area contributed by atoms with E-state index < -0.39 is 5.60 Å². The van der Waals surface area contributed by atoms with Gasteiger partial charge < -0.3 is 5.11 Å². The minimum absolute atomic E-state index is 0.397. The molecule has 1 aliphatic heterocycles. The first-order valence-electron chi connectivity index (χ1n) is 7.04. The van der Waals surface area contributed by atoms with Crippen molar-refractivity contribution in [2.75, 3.05) is 13.1 Å². The number of hydrogen-bond acceptors (Lipinski definition) is 2. The third-order valence-electron chi connectivity index (χ3n) is 4.48. The van der Waals surface area contributed by atoms with Crippen LogP contribution in [-0.2, 0) is 0 Å². The molecular formula is C14H27NO. The zero-order chi connectivity index (χ0) is 11.6. The summed E-state index contributed by atoms with van der Waals surface area (Å²) in [5.41, 5.74) is -0.522. The molecule has 16 heavy (non-hydrogen) atoms. The van der Waals surface area contributed by atoms with Crippen molar-refractivity contribution in [1.29, 1.82) is 0 Å². The number of rotatable bonds is 4. The molecule has 0 amide bonds. The lowest BCUT2D eigenvalue weighted by Crippen LogP contribution is -2.46. The molecule has 1 unspecified atom stereocenters. The van der Waals surface area contributed by atoms with Crippen molar-refractivity contribution in [3.8, 4) is 0 Å². The van der Waals surface area contributed by atoms with Crippen LogP contribution in [0.2, 0.25) is 0 Å². The fourth-order valence-corrected chi connectivity index (χ4v) is 3.54. The van der Waals surface area contributed by atoms with Gasteiger partial charge in [0.2, 0.25) is 0 Å². The zero-order valence-electron chi connectivity index (χ0n) is 10.9. The van der Waals surface area contributed by atoms with Crippen LogP contribution in [0, 0.1) is 5.92 Å². The molecule has 2 fully saturated rings. The molecule has 1 heterocycles. The van der Waals surface area contributed by atoms with Gasteiger partial charge in [-0.2, -0.15) is 0 Å². The third-order valence-corrected chi connectivity index (χ3v) is 4.48. The third kappa shape index (κ3) is 2.98. The van der Waals surface area contributed by atoms with Crippen molar-refractivity contribution in [2.24, 2.45) is 5.92 Å². The first-order valence-corrected chi connectivity index (χ1v) is 7.04. The Morgan fingerprint density at radius 1 is 1.12 bits per heavy atom. The number of aliphatic hydroxyl groups is 1. The van der Waals surface area contributed by atoms with Gasteiger partial charge in [0.15, 0.2) is 0 Å². The Morgan fingerprint density at radius 3 is 2.44 bits per heavy atom. The minimum atomic E-state index is -0.522. The topological polar surface area (TPSA) is 23.5 Å². The summed E-state index contributed by atoms with van der Waals surface area (Å²) >= 11 is 0. The Labute approximate surface area is 100 Å². The average molecular weight is 225 g/mol. The van der Waals surface area contributed by atoms with Crippen molar-refractivity contribution < 1.29 is 5.11 Å². The fraction of sp³-hybridized carbons (Fsp3) is 1.00. The van der Waals surface area contributed by atoms with Crippen molar-refractivity contribution >= 4 is 0 Å². The monoisotopic (exact) mass is 225 g/mol. The smallest absolute Gasteiger partial charge is 0.0746 e. The summed E-state index contributed by atoms with van der Waals surface area (Å²) < 4.78 is 0. The van der Waals surface area contributed by atoms with Gasteiger partial charge in [-0.3, -0.25) is 4.90 Å². The van der Waals surface area contributed by atoms with Crippen LogP contribution in [0.15, 0.2) is 0 Å². The predicted octanol–water partition coefficient (Wildman–Crippen LogP) is 2.80. The van der Waals surface area contributed by atoms with Gasteiger partial charge in [-0.1, -0.05) is 25.7 Å². The maximum Gasteiger partial charge on any atom is 0.0746 e. The highest BCUT2D eigenvalue weighted by Crippen LogP contribution is 2.31. The molecule has 0 radical (unpaired) electrons. The van der Waals surface area contributed by atoms with Gasteiger partial charge in [-0.15, -0.1) is 0 Å². The van der Waals surface area contributed by atoms with E-state index in [1.807, 2.05) is 13.8 Å². The van der Waals surface area contributed by atoms with E-state index in [0.29, 0.717) is 6.04 Å². The van der Waals surface area contributed by atoms with Crippen LogP contribution < -0.4 is 0 Å². The summed E-state index contributed by atoms with van der Waals surface area (Å²) in [6, 6.07) is 0.397. The second kappa shape index (κ2) is 5.05. The van der Waals surface area contributed by atoms with Gasteiger partial charge in [0.25, 0.3) is 0 Å². The molecule has 2 heteroatoms. The van der Waals surface area contributed by atoms with Crippen LogP contribution in [0.3, 0.4) is 0 Å². The maximum absolute atomic E-state index is 10.1. The van der Waals surface area contributed by atoms with E-state index in [1.165, 1.54) is 58.0 Å². The van der Waals surface area contributed by atoms with Crippen LogP contribution >= 0.6 is 0 Å². The number of nitrogens with zero attached hydrogens (tertiary/aromatic N) is 1. The summed E-state index contributed by atoms with van der Waals surface area (Å²) in [7, 11) is 0. The largest absolute Gasteiger partial charge is 0.389 e. The molecule has 2 nitrogen and oxygen atoms in total. The number of hydrogen-bond donors (Lipinski definition) is 1. The normalized spacial score (nSPS) is 29.1. The first-order chi connectivity index (χ1) is 7.57. The molecule has 0 aromatic heterocycles. The lowest BCUT2D eigenvalue weighted by Gasteiger charge is -2.34. The fourth-order valence-electron chi connectivity index (χ4n) is 3.54. The van der Waals surface area contributed by atoms with E-state index in [9.17, 15) is 5.11 Å². The first kappa shape index (κ1) is 12.4. The Morgan fingerprint density at radius 2 is 1.81 bits per heavy atom. The Hall–Kier alpha value is -0.0800. The lowest BCUT2D eigenvalue weighted by molar-refractivity contribution is -0.00376. The van der Waals surface area contributed by atoms with Gasteiger partial charge in [0, 0.05) is 6.04 Å². The summed E-state index contributed by atoms with van der Waals surface area (Å²) in [5.74, 6) is 0.975. The summed E-state index contributed by atoms with van der Waals surface area (Å²) in [6.07, 6.45) is 9.57. The van der Waals surface area contributed by atoms with Gasteiger partial charge in [-0.25, -0.2) is 0 Å². The molecule has 0 aromatic carbocycles. The highest BCUT2D eigenvalue weighted by Gasteiger charge is 2.35. The van der Waals surface area contributed by atoms with E-state index in [-0.39, 0.29) is 0 Å². The van der Waals surface area contributed by atoms with Crippen LogP contribution in [-0.4, -0.2) is 34.7 Å². The molecule has 1 saturated heterocycles. The highest BCUT2D eigenvalue weighted by molar-refractivity contribution is 4.90. The molecule has 0 spiro atoms. The van der Waals surface area contributed by atoms with Gasteiger partial charge >= 0.3 is 0 Å². The summed E-state index contributed by atoms with van der Waals surface area (Å²) in [6.45, 7) is 6.33. The molecule has 1 aliphatic carbocycles. The Kier molecular flexibility index (Phi) is 3.91. The van der Waals surface area contributed by atoms with Crippen LogP contribution in [0.4, 0.5) is 0 Å². The predicted molar refractivity (Wildman–Crippen MR) is 67.5 cm³/mol. The van der Waals surface area contributed by atoms with E-state index in [0.717, 1.165) is 5.92 Å². The van der Waals surface area contributed by atoms with Crippen LogP contribution in [0.5, 0.6) is 0 Å². The molecule has 2 aliphatic rings. The second-order valence-electron chi connectivity index (χ2n) is 6.29. The van der Waals surface area contributed by atoms with Gasteiger partial charge in [0.05, 0.1) is 5.60 Å². The van der Waals surface area contributed by atoms with Gasteiger partial charge in [0.1, 0.15) is 0 Å². The highest BCUT2D eigenvalue weighted by atomic mass is 16.3. The van der Waals surface area contributed by atoms with E-state index in [1.54, 1.807) is 0 Å².